The molecule has 0 amide bonds. The molecule has 18 heavy (non-hydrogen) atoms. The molecule has 0 fully saturated rings. The third kappa shape index (κ3) is 3.12. The van der Waals surface area contributed by atoms with Crippen LogP contribution in [0.25, 0.3) is 0 Å². The van der Waals surface area contributed by atoms with Gasteiger partial charge in [-0.3, -0.25) is 4.90 Å². The monoisotopic (exact) mass is 248 g/mol. The van der Waals surface area contributed by atoms with Crippen molar-refractivity contribution in [3.8, 4) is 0 Å². The van der Waals surface area contributed by atoms with Crippen molar-refractivity contribution < 1.29 is 0 Å². The summed E-state index contributed by atoms with van der Waals surface area (Å²) in [6.07, 6.45) is 1.08. The van der Waals surface area contributed by atoms with Crippen LogP contribution in [0.4, 0.5) is 0 Å². The summed E-state index contributed by atoms with van der Waals surface area (Å²) < 4.78 is 0. The Balaban J connectivity index is 2.93. The standard InChI is InChI=1S/C16H28N2/c1-6-13-9-11-14(12-10-13)15(17)16(4,5)18(7-2)8-3/h9-12,15H,6-8,17H2,1-5H3. The summed E-state index contributed by atoms with van der Waals surface area (Å²) in [4.78, 5) is 2.42. The molecule has 1 unspecified atom stereocenters. The van der Waals surface area contributed by atoms with Gasteiger partial charge < -0.3 is 5.73 Å². The summed E-state index contributed by atoms with van der Waals surface area (Å²) in [5.41, 5.74) is 9.05. The molecule has 0 saturated carbocycles. The van der Waals surface area contributed by atoms with Crippen LogP contribution in [-0.4, -0.2) is 23.5 Å². The summed E-state index contributed by atoms with van der Waals surface area (Å²) >= 11 is 0. The van der Waals surface area contributed by atoms with E-state index in [0.717, 1.165) is 19.5 Å². The quantitative estimate of drug-likeness (QED) is 0.836. The highest BCUT2D eigenvalue weighted by atomic mass is 15.2. The minimum absolute atomic E-state index is 0.0166. The van der Waals surface area contributed by atoms with Crippen molar-refractivity contribution in [1.29, 1.82) is 0 Å². The SMILES string of the molecule is CCc1ccc(C(N)C(C)(C)N(CC)CC)cc1. The van der Waals surface area contributed by atoms with Gasteiger partial charge in [-0.25, -0.2) is 0 Å². The van der Waals surface area contributed by atoms with E-state index in [1.807, 2.05) is 0 Å². The number of hydrogen-bond donors (Lipinski definition) is 1. The maximum atomic E-state index is 6.47. The molecule has 1 aromatic rings. The Hall–Kier alpha value is -0.860. The zero-order valence-electron chi connectivity index (χ0n) is 12.5. The number of hydrogen-bond acceptors (Lipinski definition) is 2. The summed E-state index contributed by atoms with van der Waals surface area (Å²) in [5.74, 6) is 0. The summed E-state index contributed by atoms with van der Waals surface area (Å²) in [5, 5.41) is 0. The second-order valence-electron chi connectivity index (χ2n) is 5.40. The van der Waals surface area contributed by atoms with Gasteiger partial charge in [0.05, 0.1) is 0 Å². The van der Waals surface area contributed by atoms with E-state index < -0.39 is 0 Å². The van der Waals surface area contributed by atoms with Crippen LogP contribution in [0, 0.1) is 0 Å². The van der Waals surface area contributed by atoms with Crippen LogP contribution in [-0.2, 0) is 6.42 Å². The zero-order valence-corrected chi connectivity index (χ0v) is 12.5. The first-order valence-corrected chi connectivity index (χ1v) is 7.06. The molecule has 1 atom stereocenters. The first-order chi connectivity index (χ1) is 8.47. The highest BCUT2D eigenvalue weighted by Crippen LogP contribution is 2.29. The number of aryl methyl sites for hydroxylation is 1. The molecule has 0 bridgehead atoms. The van der Waals surface area contributed by atoms with Crippen molar-refractivity contribution >= 4 is 0 Å². The van der Waals surface area contributed by atoms with Gasteiger partial charge in [-0.05, 0) is 44.5 Å². The Morgan fingerprint density at radius 1 is 1.06 bits per heavy atom. The molecule has 0 aromatic heterocycles. The van der Waals surface area contributed by atoms with Crippen LogP contribution in [0.1, 0.15) is 51.8 Å². The second-order valence-corrected chi connectivity index (χ2v) is 5.40. The Morgan fingerprint density at radius 2 is 1.56 bits per heavy atom. The molecule has 2 N–H and O–H groups in total. The van der Waals surface area contributed by atoms with Crippen molar-refractivity contribution in [3.05, 3.63) is 35.4 Å². The topological polar surface area (TPSA) is 29.3 Å². The van der Waals surface area contributed by atoms with Crippen LogP contribution in [0.2, 0.25) is 0 Å². The number of rotatable bonds is 6. The lowest BCUT2D eigenvalue weighted by Gasteiger charge is -2.42. The molecule has 0 saturated heterocycles. The lowest BCUT2D eigenvalue weighted by molar-refractivity contribution is 0.107. The fourth-order valence-electron chi connectivity index (χ4n) is 2.60. The van der Waals surface area contributed by atoms with E-state index in [1.54, 1.807) is 0 Å². The third-order valence-electron chi connectivity index (χ3n) is 4.09. The molecule has 0 aliphatic carbocycles. The molecule has 2 heteroatoms. The minimum Gasteiger partial charge on any atom is -0.322 e. The molecule has 2 nitrogen and oxygen atoms in total. The predicted octanol–water partition coefficient (Wildman–Crippen LogP) is 3.37. The molecule has 1 aromatic carbocycles. The van der Waals surface area contributed by atoms with Gasteiger partial charge in [-0.1, -0.05) is 45.0 Å². The van der Waals surface area contributed by atoms with E-state index in [2.05, 4.69) is 63.8 Å². The fourth-order valence-corrected chi connectivity index (χ4v) is 2.60. The number of likely N-dealkylation sites (N-methyl/N-ethyl adjacent to an activating group) is 1. The molecule has 0 aliphatic rings. The fraction of sp³-hybridized carbons (Fsp3) is 0.625. The molecule has 0 aliphatic heterocycles. The van der Waals surface area contributed by atoms with Gasteiger partial charge in [0, 0.05) is 11.6 Å². The highest BCUT2D eigenvalue weighted by molar-refractivity contribution is 5.27. The van der Waals surface area contributed by atoms with E-state index in [4.69, 9.17) is 5.73 Å². The number of benzene rings is 1. The second kappa shape index (κ2) is 6.35. The lowest BCUT2D eigenvalue weighted by Crippen LogP contribution is -2.51. The van der Waals surface area contributed by atoms with Crippen LogP contribution in [0.3, 0.4) is 0 Å². The predicted molar refractivity (Wildman–Crippen MR) is 79.7 cm³/mol. The van der Waals surface area contributed by atoms with E-state index in [-0.39, 0.29) is 11.6 Å². The van der Waals surface area contributed by atoms with Crippen LogP contribution >= 0.6 is 0 Å². The van der Waals surface area contributed by atoms with Crippen molar-refractivity contribution in [2.45, 2.75) is 52.6 Å². The minimum atomic E-state index is -0.0166. The van der Waals surface area contributed by atoms with E-state index >= 15 is 0 Å². The van der Waals surface area contributed by atoms with E-state index in [0.29, 0.717) is 0 Å². The van der Waals surface area contributed by atoms with Crippen LogP contribution < -0.4 is 5.73 Å². The molecule has 1 rings (SSSR count). The average Bonchev–Trinajstić information content (AvgIpc) is 2.39. The first kappa shape index (κ1) is 15.2. The Labute approximate surface area is 112 Å². The largest absolute Gasteiger partial charge is 0.322 e. The summed E-state index contributed by atoms with van der Waals surface area (Å²) in [7, 11) is 0. The smallest absolute Gasteiger partial charge is 0.0476 e. The van der Waals surface area contributed by atoms with Gasteiger partial charge in [0.25, 0.3) is 0 Å². The molecule has 0 radical (unpaired) electrons. The third-order valence-corrected chi connectivity index (χ3v) is 4.09. The maximum Gasteiger partial charge on any atom is 0.0476 e. The highest BCUT2D eigenvalue weighted by Gasteiger charge is 2.32. The van der Waals surface area contributed by atoms with Gasteiger partial charge in [-0.2, -0.15) is 0 Å². The van der Waals surface area contributed by atoms with Crippen molar-refractivity contribution in [2.24, 2.45) is 5.73 Å². The van der Waals surface area contributed by atoms with Crippen LogP contribution in [0.5, 0.6) is 0 Å². The molecule has 102 valence electrons. The van der Waals surface area contributed by atoms with Crippen molar-refractivity contribution in [2.75, 3.05) is 13.1 Å². The first-order valence-electron chi connectivity index (χ1n) is 7.06. The Morgan fingerprint density at radius 3 is 1.94 bits per heavy atom. The Bertz CT molecular complexity index is 350. The molecule has 0 spiro atoms. The van der Waals surface area contributed by atoms with Crippen molar-refractivity contribution in [3.63, 3.8) is 0 Å². The van der Waals surface area contributed by atoms with Gasteiger partial charge in [0.1, 0.15) is 0 Å². The molecular formula is C16H28N2. The molecule has 0 heterocycles. The van der Waals surface area contributed by atoms with Gasteiger partial charge in [0.15, 0.2) is 0 Å². The lowest BCUT2D eigenvalue weighted by atomic mass is 9.87. The summed E-state index contributed by atoms with van der Waals surface area (Å²) in [6.45, 7) is 13.1. The van der Waals surface area contributed by atoms with Gasteiger partial charge in [-0.15, -0.1) is 0 Å². The maximum absolute atomic E-state index is 6.47. The average molecular weight is 248 g/mol. The number of nitrogens with zero attached hydrogens (tertiary/aromatic N) is 1. The zero-order chi connectivity index (χ0) is 13.8. The van der Waals surface area contributed by atoms with Gasteiger partial charge >= 0.3 is 0 Å². The Kier molecular flexibility index (Phi) is 5.36. The van der Waals surface area contributed by atoms with Crippen molar-refractivity contribution in [1.82, 2.24) is 4.90 Å². The summed E-state index contributed by atoms with van der Waals surface area (Å²) in [6, 6.07) is 8.77. The van der Waals surface area contributed by atoms with Crippen LogP contribution in [0.15, 0.2) is 24.3 Å². The normalized spacial score (nSPS) is 13.9. The number of nitrogens with two attached hydrogens (primary N) is 1. The van der Waals surface area contributed by atoms with E-state index in [1.165, 1.54) is 11.1 Å². The van der Waals surface area contributed by atoms with Gasteiger partial charge in [0.2, 0.25) is 0 Å². The van der Waals surface area contributed by atoms with E-state index in [9.17, 15) is 0 Å². The molecular weight excluding hydrogens is 220 g/mol.